The highest BCUT2D eigenvalue weighted by Gasteiger charge is 2.36. The molecule has 3 aliphatic heterocycles. The number of piperazine rings is 1. The maximum Gasteiger partial charge on any atom is 0.410 e. The lowest BCUT2D eigenvalue weighted by Crippen LogP contribution is -2.56. The van der Waals surface area contributed by atoms with Gasteiger partial charge in [-0.25, -0.2) is 4.79 Å². The molecule has 2 atom stereocenters. The van der Waals surface area contributed by atoms with E-state index in [1.165, 1.54) is 28.4 Å². The second kappa shape index (κ2) is 12.7. The van der Waals surface area contributed by atoms with Gasteiger partial charge in [0.1, 0.15) is 18.0 Å². The van der Waals surface area contributed by atoms with Crippen LogP contribution in [0.1, 0.15) is 56.9 Å². The molecule has 0 aliphatic carbocycles. The Labute approximate surface area is 266 Å². The maximum atomic E-state index is 13.1. The molecular formula is C35H45N7O3. The standard InChI is InChI=1S/C35H45N7O3/c1-24-19-25-9-6-7-11-28(25)31(20-24)40-16-13-29-30(22-40)37-33(44-23-27-10-8-15-39(27)5)38-32(29)41-17-18-42(26(21-41)12-14-36)34(43)45-35(2,3)4/h6-7,9,11,19-20,26-27H,8,10,12-13,15-18,21-23H2,1-5H3/t26?,27-/m1/s1. The first-order valence-electron chi connectivity index (χ1n) is 16.2. The van der Waals surface area contributed by atoms with Gasteiger partial charge in [-0.1, -0.05) is 30.3 Å². The van der Waals surface area contributed by atoms with Crippen molar-refractivity contribution >= 4 is 28.4 Å². The van der Waals surface area contributed by atoms with Crippen LogP contribution in [-0.4, -0.2) is 89.9 Å². The van der Waals surface area contributed by atoms with Crippen LogP contribution in [0.5, 0.6) is 6.01 Å². The lowest BCUT2D eigenvalue weighted by Gasteiger charge is -2.42. The summed E-state index contributed by atoms with van der Waals surface area (Å²) < 4.78 is 12.0. The molecular weight excluding hydrogens is 566 g/mol. The highest BCUT2D eigenvalue weighted by atomic mass is 16.6. The Balaban J connectivity index is 1.32. The largest absolute Gasteiger partial charge is 0.462 e. The fraction of sp³-hybridized carbons (Fsp3) is 0.543. The summed E-state index contributed by atoms with van der Waals surface area (Å²) in [5.74, 6) is 0.857. The van der Waals surface area contributed by atoms with Crippen LogP contribution >= 0.6 is 0 Å². The van der Waals surface area contributed by atoms with E-state index in [9.17, 15) is 10.1 Å². The smallest absolute Gasteiger partial charge is 0.410 e. The zero-order chi connectivity index (χ0) is 31.7. The lowest BCUT2D eigenvalue weighted by molar-refractivity contribution is 0.0144. The molecule has 0 spiro atoms. The van der Waals surface area contributed by atoms with E-state index in [-0.39, 0.29) is 18.6 Å². The van der Waals surface area contributed by atoms with E-state index in [0.717, 1.165) is 43.0 Å². The second-order valence-corrected chi connectivity index (χ2v) is 13.7. The third-order valence-electron chi connectivity index (χ3n) is 9.16. The molecule has 1 unspecified atom stereocenters. The summed E-state index contributed by atoms with van der Waals surface area (Å²) >= 11 is 0. The quantitative estimate of drug-likeness (QED) is 0.367. The van der Waals surface area contributed by atoms with Crippen molar-refractivity contribution in [2.45, 2.75) is 77.6 Å². The van der Waals surface area contributed by atoms with Crippen molar-refractivity contribution in [1.82, 2.24) is 19.8 Å². The number of anilines is 2. The first-order chi connectivity index (χ1) is 21.6. The van der Waals surface area contributed by atoms with E-state index in [2.05, 4.69) is 71.1 Å². The summed E-state index contributed by atoms with van der Waals surface area (Å²) in [5, 5.41) is 12.1. The van der Waals surface area contributed by atoms with Gasteiger partial charge in [0.2, 0.25) is 0 Å². The van der Waals surface area contributed by atoms with Crippen molar-refractivity contribution < 1.29 is 14.3 Å². The Morgan fingerprint density at radius 3 is 2.64 bits per heavy atom. The number of rotatable bonds is 6. The Hall–Kier alpha value is -4.10. The number of likely N-dealkylation sites (N-methyl/N-ethyl adjacent to an activating group) is 1. The number of benzene rings is 2. The number of carbonyl (C=O) groups is 1. The number of aromatic nitrogens is 2. The van der Waals surface area contributed by atoms with Crippen LogP contribution < -0.4 is 14.5 Å². The minimum absolute atomic E-state index is 0.217. The third-order valence-corrected chi connectivity index (χ3v) is 9.16. The Morgan fingerprint density at radius 2 is 1.89 bits per heavy atom. The molecule has 2 fully saturated rings. The molecule has 238 valence electrons. The summed E-state index contributed by atoms with van der Waals surface area (Å²) in [6.45, 7) is 12.4. The van der Waals surface area contributed by atoms with Gasteiger partial charge in [0.15, 0.2) is 0 Å². The zero-order valence-corrected chi connectivity index (χ0v) is 27.3. The molecule has 45 heavy (non-hydrogen) atoms. The minimum Gasteiger partial charge on any atom is -0.462 e. The van der Waals surface area contributed by atoms with E-state index in [1.807, 2.05) is 20.8 Å². The van der Waals surface area contributed by atoms with Gasteiger partial charge in [0.25, 0.3) is 0 Å². The highest BCUT2D eigenvalue weighted by Crippen LogP contribution is 2.36. The van der Waals surface area contributed by atoms with E-state index >= 15 is 0 Å². The van der Waals surface area contributed by atoms with Gasteiger partial charge < -0.3 is 29.1 Å². The van der Waals surface area contributed by atoms with Gasteiger partial charge in [-0.15, -0.1) is 0 Å². The molecule has 10 heteroatoms. The fourth-order valence-electron chi connectivity index (χ4n) is 6.87. The van der Waals surface area contributed by atoms with E-state index < -0.39 is 5.60 Å². The number of fused-ring (bicyclic) bond motifs is 2. The second-order valence-electron chi connectivity index (χ2n) is 13.7. The molecule has 6 rings (SSSR count). The van der Waals surface area contributed by atoms with Crippen molar-refractivity contribution in [3.05, 3.63) is 53.2 Å². The molecule has 1 aromatic heterocycles. The molecule has 2 aromatic carbocycles. The number of carbonyl (C=O) groups excluding carboxylic acids is 1. The molecule has 3 aliphatic rings. The van der Waals surface area contributed by atoms with Gasteiger partial charge >= 0.3 is 12.1 Å². The number of likely N-dealkylation sites (tertiary alicyclic amines) is 1. The van der Waals surface area contributed by atoms with Crippen LogP contribution in [0.4, 0.5) is 16.3 Å². The van der Waals surface area contributed by atoms with Crippen LogP contribution in [0.15, 0.2) is 36.4 Å². The van der Waals surface area contributed by atoms with Gasteiger partial charge in [-0.05, 0) is 77.6 Å². The van der Waals surface area contributed by atoms with Gasteiger partial charge in [0, 0.05) is 48.9 Å². The Bertz CT molecular complexity index is 1600. The fourth-order valence-corrected chi connectivity index (χ4v) is 6.87. The number of hydrogen-bond acceptors (Lipinski definition) is 9. The number of ether oxygens (including phenoxy) is 2. The normalized spacial score (nSPS) is 20.7. The first-order valence-corrected chi connectivity index (χ1v) is 16.2. The number of nitriles is 1. The van der Waals surface area contributed by atoms with Crippen LogP contribution in [0.3, 0.4) is 0 Å². The van der Waals surface area contributed by atoms with Crippen LogP contribution in [0, 0.1) is 18.3 Å². The van der Waals surface area contributed by atoms with E-state index in [4.69, 9.17) is 19.4 Å². The summed E-state index contributed by atoms with van der Waals surface area (Å²) in [5.41, 5.74) is 3.93. The summed E-state index contributed by atoms with van der Waals surface area (Å²) in [7, 11) is 2.14. The molecule has 3 aromatic rings. The number of hydrogen-bond donors (Lipinski definition) is 0. The van der Waals surface area contributed by atoms with Crippen molar-refractivity contribution in [3.8, 4) is 12.1 Å². The predicted molar refractivity (Wildman–Crippen MR) is 176 cm³/mol. The van der Waals surface area contributed by atoms with E-state index in [1.54, 1.807) is 4.90 Å². The molecule has 0 saturated carbocycles. The Kier molecular flexibility index (Phi) is 8.74. The van der Waals surface area contributed by atoms with Crippen molar-refractivity contribution in [2.24, 2.45) is 0 Å². The topological polar surface area (TPSA) is 98.1 Å². The molecule has 2 saturated heterocycles. The SMILES string of the molecule is Cc1cc(N2CCc3c(nc(OC[C@H]4CCCN4C)nc3N3CCN(C(=O)OC(C)(C)C)C(CC#N)C3)C2)c2ccccc2c1. The average molecular weight is 612 g/mol. The average Bonchev–Trinajstić information content (AvgIpc) is 3.42. The number of nitrogens with zero attached hydrogens (tertiary/aromatic N) is 7. The van der Waals surface area contributed by atoms with E-state index in [0.29, 0.717) is 44.8 Å². The van der Waals surface area contributed by atoms with Crippen molar-refractivity contribution in [1.29, 1.82) is 5.26 Å². The molecule has 0 bridgehead atoms. The minimum atomic E-state index is -0.606. The molecule has 0 radical (unpaired) electrons. The van der Waals surface area contributed by atoms with Gasteiger partial charge in [-0.3, -0.25) is 0 Å². The maximum absolute atomic E-state index is 13.1. The molecule has 1 amide bonds. The Morgan fingerprint density at radius 1 is 1.07 bits per heavy atom. The van der Waals surface area contributed by atoms with Crippen LogP contribution in [0.25, 0.3) is 10.8 Å². The van der Waals surface area contributed by atoms with Crippen molar-refractivity contribution in [3.63, 3.8) is 0 Å². The first kappa shape index (κ1) is 30.9. The summed E-state index contributed by atoms with van der Waals surface area (Å²) in [6.07, 6.45) is 2.90. The number of aryl methyl sites for hydroxylation is 1. The molecule has 0 N–H and O–H groups in total. The third kappa shape index (κ3) is 6.79. The van der Waals surface area contributed by atoms with Crippen LogP contribution in [0.2, 0.25) is 0 Å². The van der Waals surface area contributed by atoms with Gasteiger partial charge in [0.05, 0.1) is 30.8 Å². The monoisotopic (exact) mass is 611 g/mol. The van der Waals surface area contributed by atoms with Crippen LogP contribution in [-0.2, 0) is 17.7 Å². The summed E-state index contributed by atoms with van der Waals surface area (Å²) in [4.78, 5) is 31.8. The molecule has 4 heterocycles. The molecule has 10 nitrogen and oxygen atoms in total. The number of amides is 1. The zero-order valence-electron chi connectivity index (χ0n) is 27.3. The summed E-state index contributed by atoms with van der Waals surface area (Å²) in [6, 6.07) is 15.8. The van der Waals surface area contributed by atoms with Crippen molar-refractivity contribution in [2.75, 3.05) is 56.2 Å². The lowest BCUT2D eigenvalue weighted by atomic mass is 10.00. The highest BCUT2D eigenvalue weighted by molar-refractivity contribution is 5.95. The predicted octanol–water partition coefficient (Wildman–Crippen LogP) is 5.31. The van der Waals surface area contributed by atoms with Gasteiger partial charge in [-0.2, -0.15) is 15.2 Å².